The molecule has 0 heterocycles. The lowest BCUT2D eigenvalue weighted by Gasteiger charge is -2.15. The Kier molecular flexibility index (Phi) is 5.11. The van der Waals surface area contributed by atoms with Crippen LogP contribution in [0.1, 0.15) is 34.8 Å². The van der Waals surface area contributed by atoms with Gasteiger partial charge < -0.3 is 10.4 Å². The quantitative estimate of drug-likeness (QED) is 0.853. The molecular weight excluding hydrogens is 294 g/mol. The molecule has 0 saturated carbocycles. The Morgan fingerprint density at radius 3 is 2.33 bits per heavy atom. The Morgan fingerprint density at radius 2 is 1.86 bits per heavy atom. The maximum Gasteiger partial charge on any atom is 0.305 e. The second-order valence-electron chi connectivity index (χ2n) is 5.16. The van der Waals surface area contributed by atoms with Gasteiger partial charge in [-0.3, -0.25) is 9.59 Å². The number of sulfone groups is 1. The minimum Gasteiger partial charge on any atom is -0.481 e. The Bertz CT molecular complexity index is 679. The molecule has 1 aromatic rings. The van der Waals surface area contributed by atoms with Crippen LogP contribution in [0.4, 0.5) is 0 Å². The number of hydrogen-bond acceptors (Lipinski definition) is 4. The zero-order valence-corrected chi connectivity index (χ0v) is 13.2. The van der Waals surface area contributed by atoms with E-state index in [4.69, 9.17) is 5.11 Å². The second kappa shape index (κ2) is 6.26. The van der Waals surface area contributed by atoms with Crippen LogP contribution >= 0.6 is 0 Å². The SMILES string of the molecule is Cc1cc(S(C)(=O)=O)cc(C(=O)NC(C)CC(=O)O)c1C. The number of carbonyl (C=O) groups is 2. The topological polar surface area (TPSA) is 101 Å². The predicted octanol–water partition coefficient (Wildman–Crippen LogP) is 1.30. The summed E-state index contributed by atoms with van der Waals surface area (Å²) >= 11 is 0. The van der Waals surface area contributed by atoms with Gasteiger partial charge in [0, 0.05) is 17.9 Å². The van der Waals surface area contributed by atoms with Gasteiger partial charge in [-0.1, -0.05) is 0 Å². The molecule has 0 aliphatic heterocycles. The van der Waals surface area contributed by atoms with Crippen molar-refractivity contribution in [3.8, 4) is 0 Å². The normalized spacial score (nSPS) is 12.8. The first-order valence-electron chi connectivity index (χ1n) is 6.36. The highest BCUT2D eigenvalue weighted by Gasteiger charge is 2.18. The molecule has 0 spiro atoms. The van der Waals surface area contributed by atoms with Gasteiger partial charge >= 0.3 is 5.97 Å². The molecule has 0 radical (unpaired) electrons. The van der Waals surface area contributed by atoms with Gasteiger partial charge in [-0.15, -0.1) is 0 Å². The van der Waals surface area contributed by atoms with E-state index in [0.717, 1.165) is 6.26 Å². The highest BCUT2D eigenvalue weighted by Crippen LogP contribution is 2.20. The van der Waals surface area contributed by atoms with E-state index in [-0.39, 0.29) is 16.9 Å². The molecule has 1 amide bonds. The number of benzene rings is 1. The molecule has 0 aromatic heterocycles. The maximum atomic E-state index is 12.2. The highest BCUT2D eigenvalue weighted by atomic mass is 32.2. The van der Waals surface area contributed by atoms with Crippen LogP contribution in [-0.2, 0) is 14.6 Å². The molecule has 1 rings (SSSR count). The first-order valence-corrected chi connectivity index (χ1v) is 8.25. The lowest BCUT2D eigenvalue weighted by molar-refractivity contribution is -0.137. The van der Waals surface area contributed by atoms with Crippen molar-refractivity contribution < 1.29 is 23.1 Å². The Balaban J connectivity index is 3.15. The van der Waals surface area contributed by atoms with Crippen LogP contribution in [0.15, 0.2) is 17.0 Å². The van der Waals surface area contributed by atoms with Crippen molar-refractivity contribution in [3.63, 3.8) is 0 Å². The summed E-state index contributed by atoms with van der Waals surface area (Å²) in [4.78, 5) is 22.9. The smallest absolute Gasteiger partial charge is 0.305 e. The van der Waals surface area contributed by atoms with E-state index >= 15 is 0 Å². The molecule has 6 nitrogen and oxygen atoms in total. The van der Waals surface area contributed by atoms with Gasteiger partial charge in [-0.2, -0.15) is 0 Å². The van der Waals surface area contributed by atoms with E-state index < -0.39 is 27.8 Å². The molecular formula is C14H19NO5S. The van der Waals surface area contributed by atoms with Crippen LogP contribution in [-0.4, -0.2) is 37.7 Å². The number of carboxylic acid groups (broad SMARTS) is 1. The van der Waals surface area contributed by atoms with Crippen molar-refractivity contribution in [1.29, 1.82) is 0 Å². The lowest BCUT2D eigenvalue weighted by Crippen LogP contribution is -2.34. The number of carbonyl (C=O) groups excluding carboxylic acids is 1. The molecule has 7 heteroatoms. The van der Waals surface area contributed by atoms with Crippen LogP contribution in [0.2, 0.25) is 0 Å². The summed E-state index contributed by atoms with van der Waals surface area (Å²) in [7, 11) is -3.42. The van der Waals surface area contributed by atoms with Gasteiger partial charge in [0.1, 0.15) is 0 Å². The third-order valence-electron chi connectivity index (χ3n) is 3.17. The predicted molar refractivity (Wildman–Crippen MR) is 78.2 cm³/mol. The molecule has 1 unspecified atom stereocenters. The second-order valence-corrected chi connectivity index (χ2v) is 7.17. The first kappa shape index (κ1) is 17.2. The van der Waals surface area contributed by atoms with E-state index in [1.165, 1.54) is 12.1 Å². The van der Waals surface area contributed by atoms with Crippen LogP contribution in [0, 0.1) is 13.8 Å². The average Bonchev–Trinajstić information content (AvgIpc) is 2.29. The van der Waals surface area contributed by atoms with Crippen LogP contribution in [0.3, 0.4) is 0 Å². The molecule has 1 atom stereocenters. The molecule has 116 valence electrons. The summed E-state index contributed by atoms with van der Waals surface area (Å²) in [6, 6.07) is 2.29. The van der Waals surface area contributed by atoms with E-state index in [9.17, 15) is 18.0 Å². The average molecular weight is 313 g/mol. The number of hydrogen-bond donors (Lipinski definition) is 2. The molecule has 0 aliphatic carbocycles. The van der Waals surface area contributed by atoms with Gasteiger partial charge in [0.05, 0.1) is 11.3 Å². The third-order valence-corrected chi connectivity index (χ3v) is 4.26. The maximum absolute atomic E-state index is 12.2. The number of nitrogens with one attached hydrogen (secondary N) is 1. The number of carboxylic acids is 1. The molecule has 2 N–H and O–H groups in total. The zero-order valence-electron chi connectivity index (χ0n) is 12.4. The molecule has 1 aromatic carbocycles. The van der Waals surface area contributed by atoms with Gasteiger partial charge in [0.25, 0.3) is 5.91 Å². The Labute approximate surface area is 124 Å². The van der Waals surface area contributed by atoms with E-state index in [1.807, 2.05) is 0 Å². The third kappa shape index (κ3) is 4.56. The number of aryl methyl sites for hydroxylation is 1. The summed E-state index contributed by atoms with van der Waals surface area (Å²) < 4.78 is 23.3. The standard InChI is InChI=1S/C14H19NO5S/c1-8-5-11(21(4,19)20)7-12(10(8)3)14(18)15-9(2)6-13(16)17/h5,7,9H,6H2,1-4H3,(H,15,18)(H,16,17). The van der Waals surface area contributed by atoms with Gasteiger partial charge in [0.2, 0.25) is 0 Å². The van der Waals surface area contributed by atoms with Gasteiger partial charge in [-0.25, -0.2) is 8.42 Å². The first-order chi connectivity index (χ1) is 9.52. The van der Waals surface area contributed by atoms with Crippen molar-refractivity contribution >= 4 is 21.7 Å². The van der Waals surface area contributed by atoms with Crippen molar-refractivity contribution in [1.82, 2.24) is 5.32 Å². The fourth-order valence-corrected chi connectivity index (χ4v) is 2.61. The Hall–Kier alpha value is -1.89. The highest BCUT2D eigenvalue weighted by molar-refractivity contribution is 7.90. The lowest BCUT2D eigenvalue weighted by atomic mass is 10.0. The summed E-state index contributed by atoms with van der Waals surface area (Å²) in [5.74, 6) is -1.49. The van der Waals surface area contributed by atoms with Crippen LogP contribution < -0.4 is 5.32 Å². The van der Waals surface area contributed by atoms with E-state index in [1.54, 1.807) is 20.8 Å². The van der Waals surface area contributed by atoms with Crippen LogP contribution in [0.5, 0.6) is 0 Å². The Morgan fingerprint density at radius 1 is 1.29 bits per heavy atom. The van der Waals surface area contributed by atoms with Gasteiger partial charge in [0.15, 0.2) is 9.84 Å². The number of rotatable bonds is 5. The van der Waals surface area contributed by atoms with E-state index in [2.05, 4.69) is 5.32 Å². The fraction of sp³-hybridized carbons (Fsp3) is 0.429. The minimum atomic E-state index is -3.42. The molecule has 0 bridgehead atoms. The van der Waals surface area contributed by atoms with Crippen molar-refractivity contribution in [2.75, 3.05) is 6.26 Å². The fourth-order valence-electron chi connectivity index (χ4n) is 1.89. The summed E-state index contributed by atoms with van der Waals surface area (Å²) in [5, 5.41) is 11.2. The van der Waals surface area contributed by atoms with Crippen molar-refractivity contribution in [2.24, 2.45) is 0 Å². The van der Waals surface area contributed by atoms with Crippen LogP contribution in [0.25, 0.3) is 0 Å². The molecule has 0 aliphatic rings. The van der Waals surface area contributed by atoms with Crippen molar-refractivity contribution in [3.05, 3.63) is 28.8 Å². The van der Waals surface area contributed by atoms with E-state index in [0.29, 0.717) is 11.1 Å². The molecule has 21 heavy (non-hydrogen) atoms. The summed E-state index contributed by atoms with van der Waals surface area (Å²) in [5.41, 5.74) is 1.60. The zero-order chi connectivity index (χ0) is 16.4. The molecule has 0 fully saturated rings. The summed E-state index contributed by atoms with van der Waals surface area (Å²) in [6.07, 6.45) is 0.876. The monoisotopic (exact) mass is 313 g/mol. The number of amides is 1. The summed E-state index contributed by atoms with van der Waals surface area (Å²) in [6.45, 7) is 5.02. The number of aliphatic carboxylic acids is 1. The van der Waals surface area contributed by atoms with Gasteiger partial charge in [-0.05, 0) is 44.0 Å². The minimum absolute atomic E-state index is 0.0710. The largest absolute Gasteiger partial charge is 0.481 e. The molecule has 0 saturated heterocycles. The van der Waals surface area contributed by atoms with Crippen molar-refractivity contribution in [2.45, 2.75) is 38.1 Å².